The normalized spacial score (nSPS) is 15.9. The first kappa shape index (κ1) is 18.7. The van der Waals surface area contributed by atoms with Crippen LogP contribution < -0.4 is 15.2 Å². The number of hydrogen-bond acceptors (Lipinski definition) is 7. The molecule has 1 saturated heterocycles. The van der Waals surface area contributed by atoms with Crippen molar-refractivity contribution in [2.24, 2.45) is 0 Å². The van der Waals surface area contributed by atoms with Crippen molar-refractivity contribution in [1.29, 1.82) is 0 Å². The number of rotatable bonds is 4. The first-order valence-electron chi connectivity index (χ1n) is 8.52. The molecule has 3 aromatic rings. The Kier molecular flexibility index (Phi) is 4.94. The number of ether oxygens (including phenoxy) is 1. The van der Waals surface area contributed by atoms with Gasteiger partial charge in [-0.25, -0.2) is 9.97 Å². The molecule has 0 saturated carbocycles. The number of thiazole rings is 1. The molecular formula is C17H16F3N5O2S. The summed E-state index contributed by atoms with van der Waals surface area (Å²) in [4.78, 5) is 25.5. The van der Waals surface area contributed by atoms with Crippen molar-refractivity contribution in [3.05, 3.63) is 52.0 Å². The highest BCUT2D eigenvalue weighted by Crippen LogP contribution is 2.24. The first-order chi connectivity index (χ1) is 13.4. The van der Waals surface area contributed by atoms with Crippen LogP contribution in [0.25, 0.3) is 4.96 Å². The second kappa shape index (κ2) is 7.40. The Hall–Kier alpha value is -2.66. The van der Waals surface area contributed by atoms with Crippen LogP contribution >= 0.6 is 11.3 Å². The van der Waals surface area contributed by atoms with Gasteiger partial charge in [-0.05, 0) is 12.1 Å². The fourth-order valence-corrected chi connectivity index (χ4v) is 3.83. The number of pyridine rings is 1. The second-order valence-electron chi connectivity index (χ2n) is 6.30. The number of aromatic nitrogens is 3. The van der Waals surface area contributed by atoms with Crippen molar-refractivity contribution >= 4 is 22.1 Å². The third-order valence-electron chi connectivity index (χ3n) is 4.39. The molecule has 3 aromatic heterocycles. The Balaban J connectivity index is 1.35. The minimum Gasteiger partial charge on any atom is -0.404 e. The van der Waals surface area contributed by atoms with Crippen molar-refractivity contribution in [1.82, 2.24) is 19.3 Å². The number of alkyl halides is 3. The fourth-order valence-electron chi connectivity index (χ4n) is 3.09. The van der Waals surface area contributed by atoms with E-state index in [2.05, 4.69) is 19.6 Å². The van der Waals surface area contributed by atoms with Crippen LogP contribution in [0.1, 0.15) is 5.69 Å². The second-order valence-corrected chi connectivity index (χ2v) is 7.18. The Labute approximate surface area is 161 Å². The van der Waals surface area contributed by atoms with Crippen LogP contribution in [0.2, 0.25) is 0 Å². The quantitative estimate of drug-likeness (QED) is 0.657. The number of piperazine rings is 1. The first-order valence-corrected chi connectivity index (χ1v) is 9.40. The molecule has 7 nitrogen and oxygen atoms in total. The lowest BCUT2D eigenvalue weighted by molar-refractivity contribution is -0.274. The molecule has 4 rings (SSSR count). The smallest absolute Gasteiger partial charge is 0.404 e. The summed E-state index contributed by atoms with van der Waals surface area (Å²) in [5.41, 5.74) is 0.637. The zero-order valence-electron chi connectivity index (χ0n) is 14.6. The van der Waals surface area contributed by atoms with Gasteiger partial charge in [0.1, 0.15) is 11.6 Å². The van der Waals surface area contributed by atoms with Gasteiger partial charge in [0.25, 0.3) is 5.56 Å². The summed E-state index contributed by atoms with van der Waals surface area (Å²) in [6.45, 7) is 3.38. The van der Waals surface area contributed by atoms with E-state index in [4.69, 9.17) is 0 Å². The van der Waals surface area contributed by atoms with Crippen LogP contribution in [-0.2, 0) is 6.54 Å². The average Bonchev–Trinajstić information content (AvgIpc) is 3.11. The van der Waals surface area contributed by atoms with Crippen LogP contribution in [0.4, 0.5) is 19.0 Å². The summed E-state index contributed by atoms with van der Waals surface area (Å²) in [7, 11) is 0. The summed E-state index contributed by atoms with van der Waals surface area (Å²) >= 11 is 1.42. The summed E-state index contributed by atoms with van der Waals surface area (Å²) in [5.74, 6) is 0.266. The number of hydrogen-bond donors (Lipinski definition) is 0. The third-order valence-corrected chi connectivity index (χ3v) is 5.15. The minimum atomic E-state index is -4.72. The van der Waals surface area contributed by atoms with Gasteiger partial charge in [-0.1, -0.05) is 0 Å². The maximum Gasteiger partial charge on any atom is 0.573 e. The molecule has 0 unspecified atom stereocenters. The summed E-state index contributed by atoms with van der Waals surface area (Å²) in [6.07, 6.45) is -1.95. The van der Waals surface area contributed by atoms with Gasteiger partial charge >= 0.3 is 6.36 Å². The summed E-state index contributed by atoms with van der Waals surface area (Å²) in [6, 6.07) is 4.33. The third kappa shape index (κ3) is 4.25. The number of anilines is 1. The predicted molar refractivity (Wildman–Crippen MR) is 97.7 cm³/mol. The maximum atomic E-state index is 12.2. The predicted octanol–water partition coefficient (Wildman–Crippen LogP) is 2.37. The SMILES string of the molecule is O=c1cc(CN2CCN(c3ccc(OC(F)(F)F)cn3)CC2)nc2sccn12. The molecule has 0 bridgehead atoms. The molecule has 0 amide bonds. The molecule has 0 spiro atoms. The van der Waals surface area contributed by atoms with E-state index in [0.717, 1.165) is 25.0 Å². The van der Waals surface area contributed by atoms with Gasteiger partial charge < -0.3 is 9.64 Å². The molecule has 1 fully saturated rings. The Morgan fingerprint density at radius 2 is 1.96 bits per heavy atom. The fraction of sp³-hybridized carbons (Fsp3) is 0.353. The monoisotopic (exact) mass is 411 g/mol. The van der Waals surface area contributed by atoms with E-state index in [1.807, 2.05) is 10.3 Å². The van der Waals surface area contributed by atoms with Crippen molar-refractivity contribution in [2.45, 2.75) is 12.9 Å². The molecule has 0 N–H and O–H groups in total. The van der Waals surface area contributed by atoms with Crippen molar-refractivity contribution < 1.29 is 17.9 Å². The average molecular weight is 411 g/mol. The van der Waals surface area contributed by atoms with Gasteiger partial charge in [0, 0.05) is 50.4 Å². The van der Waals surface area contributed by atoms with Crippen LogP contribution in [-0.4, -0.2) is 51.8 Å². The topological polar surface area (TPSA) is 63.0 Å². The molecule has 4 heterocycles. The van der Waals surface area contributed by atoms with Crippen molar-refractivity contribution in [3.8, 4) is 5.75 Å². The van der Waals surface area contributed by atoms with E-state index in [0.29, 0.717) is 30.4 Å². The molecule has 148 valence electrons. The molecule has 11 heteroatoms. The van der Waals surface area contributed by atoms with E-state index in [1.54, 1.807) is 12.3 Å². The highest BCUT2D eigenvalue weighted by molar-refractivity contribution is 7.15. The minimum absolute atomic E-state index is 0.0924. The maximum absolute atomic E-state index is 12.2. The zero-order chi connectivity index (χ0) is 19.7. The zero-order valence-corrected chi connectivity index (χ0v) is 15.4. The molecule has 1 aliphatic heterocycles. The highest BCUT2D eigenvalue weighted by atomic mass is 32.1. The van der Waals surface area contributed by atoms with Crippen LogP contribution in [0, 0.1) is 0 Å². The van der Waals surface area contributed by atoms with Gasteiger partial charge in [0.15, 0.2) is 4.96 Å². The van der Waals surface area contributed by atoms with Gasteiger partial charge in [-0.15, -0.1) is 24.5 Å². The Morgan fingerprint density at radius 1 is 1.18 bits per heavy atom. The Morgan fingerprint density at radius 3 is 2.64 bits per heavy atom. The molecule has 0 radical (unpaired) electrons. The van der Waals surface area contributed by atoms with Crippen LogP contribution in [0.15, 0.2) is 40.8 Å². The van der Waals surface area contributed by atoms with Gasteiger partial charge in [0.2, 0.25) is 0 Å². The lowest BCUT2D eigenvalue weighted by Gasteiger charge is -2.35. The lowest BCUT2D eigenvalue weighted by atomic mass is 10.2. The standard InChI is InChI=1S/C17H16F3N5O2S/c18-17(19,20)27-13-1-2-14(21-10-13)24-5-3-23(4-6-24)11-12-9-15(26)25-7-8-28-16(25)22-12/h1-2,7-10H,3-6,11H2. The molecule has 0 aliphatic carbocycles. The summed E-state index contributed by atoms with van der Waals surface area (Å²) < 4.78 is 42.0. The largest absolute Gasteiger partial charge is 0.573 e. The van der Waals surface area contributed by atoms with Gasteiger partial charge in [-0.2, -0.15) is 0 Å². The molecule has 1 aliphatic rings. The number of fused-ring (bicyclic) bond motifs is 1. The van der Waals surface area contributed by atoms with E-state index < -0.39 is 6.36 Å². The number of nitrogens with zero attached hydrogens (tertiary/aromatic N) is 5. The molecule has 0 atom stereocenters. The van der Waals surface area contributed by atoms with E-state index in [-0.39, 0.29) is 11.3 Å². The summed E-state index contributed by atoms with van der Waals surface area (Å²) in [5, 5.41) is 1.82. The van der Waals surface area contributed by atoms with E-state index >= 15 is 0 Å². The van der Waals surface area contributed by atoms with Crippen LogP contribution in [0.5, 0.6) is 5.75 Å². The van der Waals surface area contributed by atoms with E-state index in [9.17, 15) is 18.0 Å². The Bertz CT molecular complexity index is 1010. The number of halogens is 3. The lowest BCUT2D eigenvalue weighted by Crippen LogP contribution is -2.46. The van der Waals surface area contributed by atoms with Crippen molar-refractivity contribution in [3.63, 3.8) is 0 Å². The molecule has 0 aromatic carbocycles. The van der Waals surface area contributed by atoms with Crippen LogP contribution in [0.3, 0.4) is 0 Å². The van der Waals surface area contributed by atoms with E-state index in [1.165, 1.54) is 27.9 Å². The van der Waals surface area contributed by atoms with Gasteiger partial charge in [-0.3, -0.25) is 14.1 Å². The van der Waals surface area contributed by atoms with Gasteiger partial charge in [0.05, 0.1) is 11.9 Å². The molecule has 28 heavy (non-hydrogen) atoms. The van der Waals surface area contributed by atoms with Crippen molar-refractivity contribution in [2.75, 3.05) is 31.1 Å². The molecular weight excluding hydrogens is 395 g/mol. The highest BCUT2D eigenvalue weighted by Gasteiger charge is 2.31.